The fourth-order valence-electron chi connectivity index (χ4n) is 1.49. The van der Waals surface area contributed by atoms with E-state index in [1.807, 2.05) is 7.05 Å². The van der Waals surface area contributed by atoms with Gasteiger partial charge in [0, 0.05) is 32.8 Å². The second-order valence-electron chi connectivity index (χ2n) is 5.55. The predicted octanol–water partition coefficient (Wildman–Crippen LogP) is 2.01. The molecule has 0 saturated heterocycles. The number of guanidine groups is 1. The van der Waals surface area contributed by atoms with E-state index in [-0.39, 0.29) is 0 Å². The molecule has 0 radical (unpaired) electrons. The van der Waals surface area contributed by atoms with Crippen molar-refractivity contribution >= 4 is 5.96 Å². The van der Waals surface area contributed by atoms with Gasteiger partial charge in [-0.25, -0.2) is 0 Å². The second-order valence-corrected chi connectivity index (χ2v) is 5.55. The molecular formula is C14H29N3O. The lowest BCUT2D eigenvalue weighted by Gasteiger charge is -2.20. The highest BCUT2D eigenvalue weighted by Gasteiger charge is 2.20. The van der Waals surface area contributed by atoms with Crippen molar-refractivity contribution in [2.24, 2.45) is 16.8 Å². The fourth-order valence-corrected chi connectivity index (χ4v) is 1.49. The Bertz CT molecular complexity index is 249. The average Bonchev–Trinajstić information content (AvgIpc) is 3.15. The maximum Gasteiger partial charge on any atom is 0.191 e. The highest BCUT2D eigenvalue weighted by atomic mass is 16.5. The van der Waals surface area contributed by atoms with Gasteiger partial charge in [-0.15, -0.1) is 0 Å². The van der Waals surface area contributed by atoms with Gasteiger partial charge in [0.2, 0.25) is 0 Å². The quantitative estimate of drug-likeness (QED) is 0.396. The number of rotatable bonds is 8. The Morgan fingerprint density at radius 1 is 1.33 bits per heavy atom. The first-order chi connectivity index (χ1) is 8.63. The normalized spacial score (nSPS) is 17.9. The molecule has 0 aromatic heterocycles. The van der Waals surface area contributed by atoms with Crippen LogP contribution >= 0.6 is 0 Å². The van der Waals surface area contributed by atoms with E-state index >= 15 is 0 Å². The van der Waals surface area contributed by atoms with Crippen molar-refractivity contribution in [3.8, 4) is 0 Å². The Balaban J connectivity index is 2.00. The van der Waals surface area contributed by atoms with Crippen molar-refractivity contribution in [1.29, 1.82) is 0 Å². The van der Waals surface area contributed by atoms with E-state index in [4.69, 9.17) is 4.74 Å². The van der Waals surface area contributed by atoms with Crippen molar-refractivity contribution in [3.05, 3.63) is 0 Å². The fraction of sp³-hybridized carbons (Fsp3) is 0.929. The minimum absolute atomic E-state index is 0.433. The van der Waals surface area contributed by atoms with Crippen LogP contribution in [0.25, 0.3) is 0 Å². The molecule has 1 rings (SSSR count). The Hall–Kier alpha value is -0.770. The van der Waals surface area contributed by atoms with Crippen LogP contribution in [0.1, 0.15) is 40.0 Å². The first-order valence-corrected chi connectivity index (χ1v) is 7.18. The molecule has 0 aromatic carbocycles. The molecule has 2 N–H and O–H groups in total. The maximum absolute atomic E-state index is 5.59. The SMILES string of the molecule is CN=C(NCCCOCC1CC1)NC(C)C(C)C. The van der Waals surface area contributed by atoms with Crippen LogP contribution in [0, 0.1) is 11.8 Å². The van der Waals surface area contributed by atoms with Crippen LogP contribution in [0.3, 0.4) is 0 Å². The molecule has 0 heterocycles. The summed E-state index contributed by atoms with van der Waals surface area (Å²) in [5.74, 6) is 2.35. The largest absolute Gasteiger partial charge is 0.381 e. The third-order valence-corrected chi connectivity index (χ3v) is 3.40. The van der Waals surface area contributed by atoms with E-state index in [1.165, 1.54) is 12.8 Å². The van der Waals surface area contributed by atoms with E-state index < -0.39 is 0 Å². The zero-order chi connectivity index (χ0) is 13.4. The van der Waals surface area contributed by atoms with Crippen LogP contribution in [-0.4, -0.2) is 38.8 Å². The summed E-state index contributed by atoms with van der Waals surface area (Å²) >= 11 is 0. The molecule has 0 aliphatic heterocycles. The number of aliphatic imine (C=N–C) groups is 1. The number of ether oxygens (including phenoxy) is 1. The first-order valence-electron chi connectivity index (χ1n) is 7.18. The molecule has 0 spiro atoms. The molecule has 0 aromatic rings. The van der Waals surface area contributed by atoms with Gasteiger partial charge in [-0.1, -0.05) is 13.8 Å². The van der Waals surface area contributed by atoms with E-state index in [0.29, 0.717) is 12.0 Å². The molecule has 1 saturated carbocycles. The van der Waals surface area contributed by atoms with E-state index in [2.05, 4.69) is 36.4 Å². The van der Waals surface area contributed by atoms with Crippen LogP contribution in [0.2, 0.25) is 0 Å². The Morgan fingerprint density at radius 3 is 2.61 bits per heavy atom. The lowest BCUT2D eigenvalue weighted by Crippen LogP contribution is -2.44. The summed E-state index contributed by atoms with van der Waals surface area (Å²) in [7, 11) is 1.81. The molecule has 1 atom stereocenters. The Morgan fingerprint density at radius 2 is 2.06 bits per heavy atom. The first kappa shape index (κ1) is 15.3. The van der Waals surface area contributed by atoms with Crippen molar-refractivity contribution in [1.82, 2.24) is 10.6 Å². The van der Waals surface area contributed by atoms with Crippen LogP contribution in [0.15, 0.2) is 4.99 Å². The molecule has 0 bridgehead atoms. The molecule has 1 unspecified atom stereocenters. The van der Waals surface area contributed by atoms with E-state index in [1.54, 1.807) is 0 Å². The zero-order valence-electron chi connectivity index (χ0n) is 12.3. The van der Waals surface area contributed by atoms with Gasteiger partial charge in [-0.3, -0.25) is 4.99 Å². The number of nitrogens with zero attached hydrogens (tertiary/aromatic N) is 1. The van der Waals surface area contributed by atoms with Gasteiger partial charge in [0.25, 0.3) is 0 Å². The van der Waals surface area contributed by atoms with Gasteiger partial charge in [0.15, 0.2) is 5.96 Å². The summed E-state index contributed by atoms with van der Waals surface area (Å²) in [6.07, 6.45) is 3.76. The smallest absolute Gasteiger partial charge is 0.191 e. The molecule has 4 heteroatoms. The minimum Gasteiger partial charge on any atom is -0.381 e. The highest BCUT2D eigenvalue weighted by Crippen LogP contribution is 2.28. The second kappa shape index (κ2) is 8.35. The van der Waals surface area contributed by atoms with Crippen molar-refractivity contribution < 1.29 is 4.74 Å². The average molecular weight is 255 g/mol. The molecule has 106 valence electrons. The monoisotopic (exact) mass is 255 g/mol. The van der Waals surface area contributed by atoms with Crippen molar-refractivity contribution in [2.75, 3.05) is 26.8 Å². The molecule has 0 amide bonds. The minimum atomic E-state index is 0.433. The summed E-state index contributed by atoms with van der Waals surface area (Å²) in [5.41, 5.74) is 0. The van der Waals surface area contributed by atoms with Crippen LogP contribution in [0.4, 0.5) is 0 Å². The highest BCUT2D eigenvalue weighted by molar-refractivity contribution is 5.79. The van der Waals surface area contributed by atoms with Gasteiger partial charge in [0.05, 0.1) is 0 Å². The van der Waals surface area contributed by atoms with E-state index in [9.17, 15) is 0 Å². The topological polar surface area (TPSA) is 45.7 Å². The Kier molecular flexibility index (Phi) is 7.09. The van der Waals surface area contributed by atoms with Gasteiger partial charge >= 0.3 is 0 Å². The lowest BCUT2D eigenvalue weighted by molar-refractivity contribution is 0.123. The number of nitrogens with one attached hydrogen (secondary N) is 2. The summed E-state index contributed by atoms with van der Waals surface area (Å²) in [5, 5.41) is 6.70. The lowest BCUT2D eigenvalue weighted by atomic mass is 10.1. The summed E-state index contributed by atoms with van der Waals surface area (Å²) in [4.78, 5) is 4.22. The van der Waals surface area contributed by atoms with E-state index in [0.717, 1.165) is 38.1 Å². The zero-order valence-corrected chi connectivity index (χ0v) is 12.3. The van der Waals surface area contributed by atoms with Crippen molar-refractivity contribution in [3.63, 3.8) is 0 Å². The molecule has 4 nitrogen and oxygen atoms in total. The van der Waals surface area contributed by atoms with Gasteiger partial charge < -0.3 is 15.4 Å². The third kappa shape index (κ3) is 6.84. The summed E-state index contributed by atoms with van der Waals surface area (Å²) in [6, 6.07) is 0.433. The standard InChI is InChI=1S/C14H29N3O/c1-11(2)12(3)17-14(15-4)16-8-5-9-18-10-13-6-7-13/h11-13H,5-10H2,1-4H3,(H2,15,16,17). The molecular weight excluding hydrogens is 226 g/mol. The third-order valence-electron chi connectivity index (χ3n) is 3.40. The van der Waals surface area contributed by atoms with Gasteiger partial charge in [0.1, 0.15) is 0 Å². The van der Waals surface area contributed by atoms with Crippen LogP contribution in [-0.2, 0) is 4.74 Å². The van der Waals surface area contributed by atoms with Gasteiger partial charge in [-0.2, -0.15) is 0 Å². The van der Waals surface area contributed by atoms with Crippen LogP contribution in [0.5, 0.6) is 0 Å². The number of hydrogen-bond donors (Lipinski definition) is 2. The molecule has 18 heavy (non-hydrogen) atoms. The summed E-state index contributed by atoms with van der Waals surface area (Å²) < 4.78 is 5.59. The van der Waals surface area contributed by atoms with Crippen LogP contribution < -0.4 is 10.6 Å². The molecule has 1 fully saturated rings. The predicted molar refractivity (Wildman–Crippen MR) is 77.0 cm³/mol. The molecule has 1 aliphatic carbocycles. The summed E-state index contributed by atoms with van der Waals surface area (Å²) in [6.45, 7) is 9.30. The van der Waals surface area contributed by atoms with Crippen molar-refractivity contribution in [2.45, 2.75) is 46.1 Å². The molecule has 1 aliphatic rings. The van der Waals surface area contributed by atoms with Gasteiger partial charge in [-0.05, 0) is 38.0 Å². The maximum atomic E-state index is 5.59. The number of hydrogen-bond acceptors (Lipinski definition) is 2. The Labute approximate surface area is 112 Å².